The van der Waals surface area contributed by atoms with Crippen LogP contribution < -0.4 is 10.1 Å². The molecule has 1 aromatic carbocycles. The minimum Gasteiger partial charge on any atom is -0.491 e. The Morgan fingerprint density at radius 2 is 1.87 bits per heavy atom. The summed E-state index contributed by atoms with van der Waals surface area (Å²) in [5.41, 5.74) is 5.39. The summed E-state index contributed by atoms with van der Waals surface area (Å²) in [5.74, 6) is 1.19. The Morgan fingerprint density at radius 3 is 2.67 bits per heavy atom. The molecule has 1 saturated carbocycles. The van der Waals surface area contributed by atoms with Gasteiger partial charge in [-0.15, -0.1) is 0 Å². The van der Waals surface area contributed by atoms with Crippen LogP contribution in [-0.4, -0.2) is 44.4 Å². The van der Waals surface area contributed by atoms with Gasteiger partial charge in [-0.3, -0.25) is 9.48 Å². The van der Waals surface area contributed by atoms with Crippen LogP contribution in [-0.2, 0) is 23.1 Å². The van der Waals surface area contributed by atoms with Crippen molar-refractivity contribution in [3.05, 3.63) is 72.3 Å². The van der Waals surface area contributed by atoms with E-state index in [1.807, 2.05) is 73.4 Å². The SMILES string of the molecule is COC(=O)[C@H]1CCCC[C@@H]1COc1ccc(-c2cnn(C)c2CNc2nccc(-c3ccccc3)n2)nc1C. The fraction of sp³-hybridized carbons (Fsp3) is 0.367. The Hall–Kier alpha value is -4.27. The molecule has 0 bridgehead atoms. The lowest BCUT2D eigenvalue weighted by Crippen LogP contribution is -2.32. The zero-order chi connectivity index (χ0) is 27.2. The second kappa shape index (κ2) is 12.1. The average Bonchev–Trinajstić information content (AvgIpc) is 3.35. The van der Waals surface area contributed by atoms with Crippen molar-refractivity contribution in [2.24, 2.45) is 18.9 Å². The Balaban J connectivity index is 1.27. The molecule has 0 radical (unpaired) electrons. The van der Waals surface area contributed by atoms with Crippen LogP contribution in [0, 0.1) is 18.8 Å². The van der Waals surface area contributed by atoms with Crippen LogP contribution in [0.25, 0.3) is 22.5 Å². The quantitative estimate of drug-likeness (QED) is 0.296. The smallest absolute Gasteiger partial charge is 0.309 e. The number of aromatic nitrogens is 5. The van der Waals surface area contributed by atoms with Crippen LogP contribution in [0.4, 0.5) is 5.95 Å². The Labute approximate surface area is 228 Å². The number of methoxy groups -OCH3 is 1. The lowest BCUT2D eigenvalue weighted by atomic mass is 9.80. The molecule has 0 amide bonds. The number of esters is 1. The molecule has 0 unspecified atom stereocenters. The minimum absolute atomic E-state index is 0.0980. The molecule has 9 heteroatoms. The number of carbonyl (C=O) groups is 1. The van der Waals surface area contributed by atoms with Gasteiger partial charge in [0.05, 0.1) is 55.2 Å². The third-order valence-corrected chi connectivity index (χ3v) is 7.38. The molecule has 1 fully saturated rings. The molecule has 0 saturated heterocycles. The summed E-state index contributed by atoms with van der Waals surface area (Å²) >= 11 is 0. The van der Waals surface area contributed by atoms with Crippen LogP contribution >= 0.6 is 0 Å². The van der Waals surface area contributed by atoms with Crippen molar-refractivity contribution in [1.82, 2.24) is 24.7 Å². The highest BCUT2D eigenvalue weighted by Crippen LogP contribution is 2.32. The van der Waals surface area contributed by atoms with E-state index in [9.17, 15) is 4.79 Å². The number of anilines is 1. The third kappa shape index (κ3) is 6.08. The van der Waals surface area contributed by atoms with E-state index in [0.29, 0.717) is 19.1 Å². The topological polar surface area (TPSA) is 104 Å². The molecule has 3 aromatic heterocycles. The molecule has 9 nitrogen and oxygen atoms in total. The number of hydrogen-bond acceptors (Lipinski definition) is 8. The van der Waals surface area contributed by atoms with Crippen LogP contribution in [0.3, 0.4) is 0 Å². The summed E-state index contributed by atoms with van der Waals surface area (Å²) in [4.78, 5) is 26.1. The summed E-state index contributed by atoms with van der Waals surface area (Å²) in [7, 11) is 3.37. The van der Waals surface area contributed by atoms with Crippen molar-refractivity contribution >= 4 is 11.9 Å². The van der Waals surface area contributed by atoms with Gasteiger partial charge in [0.2, 0.25) is 5.95 Å². The van der Waals surface area contributed by atoms with E-state index >= 15 is 0 Å². The molecule has 3 heterocycles. The number of carbonyl (C=O) groups excluding carboxylic acids is 1. The Morgan fingerprint density at radius 1 is 1.05 bits per heavy atom. The van der Waals surface area contributed by atoms with Gasteiger partial charge in [0, 0.05) is 30.3 Å². The largest absolute Gasteiger partial charge is 0.491 e. The number of aryl methyl sites for hydroxylation is 2. The van der Waals surface area contributed by atoms with Crippen molar-refractivity contribution in [2.45, 2.75) is 39.2 Å². The minimum atomic E-state index is -0.136. The van der Waals surface area contributed by atoms with Gasteiger partial charge in [-0.1, -0.05) is 43.2 Å². The summed E-state index contributed by atoms with van der Waals surface area (Å²) in [6, 6.07) is 15.8. The number of benzene rings is 1. The summed E-state index contributed by atoms with van der Waals surface area (Å²) < 4.78 is 13.0. The zero-order valence-electron chi connectivity index (χ0n) is 22.6. The first-order chi connectivity index (χ1) is 19.0. The predicted molar refractivity (Wildman–Crippen MR) is 149 cm³/mol. The molecular formula is C30H34N6O3. The molecule has 202 valence electrons. The van der Waals surface area contributed by atoms with Crippen LogP contribution in [0.1, 0.15) is 37.1 Å². The highest BCUT2D eigenvalue weighted by Gasteiger charge is 2.32. The molecule has 39 heavy (non-hydrogen) atoms. The molecule has 5 rings (SSSR count). The maximum atomic E-state index is 12.2. The third-order valence-electron chi connectivity index (χ3n) is 7.38. The van der Waals surface area contributed by atoms with Gasteiger partial charge >= 0.3 is 5.97 Å². The van der Waals surface area contributed by atoms with Crippen molar-refractivity contribution in [3.63, 3.8) is 0 Å². The fourth-order valence-electron chi connectivity index (χ4n) is 5.18. The van der Waals surface area contributed by atoms with Crippen molar-refractivity contribution in [1.29, 1.82) is 0 Å². The maximum Gasteiger partial charge on any atom is 0.309 e. The standard InChI is InChI=1S/C30H34N6O3/c1-20-28(39-19-22-11-7-8-12-23(22)29(37)38-3)14-13-26(34-20)24-17-33-36(2)27(24)18-32-30-31-16-15-25(35-30)21-9-5-4-6-10-21/h4-6,9-10,13-17,22-23H,7-8,11-12,18-19H2,1-3H3,(H,31,32,35)/t22-,23+/m1/s1. The second-order valence-electron chi connectivity index (χ2n) is 9.88. The lowest BCUT2D eigenvalue weighted by molar-refractivity contribution is -0.149. The van der Waals surface area contributed by atoms with Crippen molar-refractivity contribution < 1.29 is 14.3 Å². The predicted octanol–water partition coefficient (Wildman–Crippen LogP) is 5.22. The molecule has 2 atom stereocenters. The van der Waals surface area contributed by atoms with E-state index in [2.05, 4.69) is 20.4 Å². The van der Waals surface area contributed by atoms with Crippen LogP contribution in [0.2, 0.25) is 0 Å². The first-order valence-electron chi connectivity index (χ1n) is 13.4. The van der Waals surface area contributed by atoms with E-state index < -0.39 is 0 Å². The molecule has 1 aliphatic rings. The molecule has 1 N–H and O–H groups in total. The number of nitrogens with one attached hydrogen (secondary N) is 1. The van der Waals surface area contributed by atoms with Gasteiger partial charge in [-0.2, -0.15) is 5.10 Å². The normalized spacial score (nSPS) is 17.0. The Kier molecular flexibility index (Phi) is 8.15. The first-order valence-corrected chi connectivity index (χ1v) is 13.4. The van der Waals surface area contributed by atoms with Crippen molar-refractivity contribution in [2.75, 3.05) is 19.0 Å². The number of hydrogen-bond donors (Lipinski definition) is 1. The van der Waals surface area contributed by atoms with E-state index in [0.717, 1.165) is 65.3 Å². The second-order valence-corrected chi connectivity index (χ2v) is 9.88. The highest BCUT2D eigenvalue weighted by molar-refractivity contribution is 5.72. The van der Waals surface area contributed by atoms with Gasteiger partial charge in [0.25, 0.3) is 0 Å². The fourth-order valence-corrected chi connectivity index (χ4v) is 5.18. The molecule has 0 spiro atoms. The molecule has 1 aliphatic carbocycles. The van der Waals surface area contributed by atoms with Gasteiger partial charge in [-0.25, -0.2) is 15.0 Å². The van der Waals surface area contributed by atoms with E-state index in [1.54, 1.807) is 6.20 Å². The lowest BCUT2D eigenvalue weighted by Gasteiger charge is -2.29. The summed E-state index contributed by atoms with van der Waals surface area (Å²) in [6.45, 7) is 2.90. The monoisotopic (exact) mass is 526 g/mol. The van der Waals surface area contributed by atoms with Crippen LogP contribution in [0.15, 0.2) is 60.9 Å². The first kappa shape index (κ1) is 26.3. The van der Waals surface area contributed by atoms with Gasteiger partial charge in [0.15, 0.2) is 0 Å². The highest BCUT2D eigenvalue weighted by atomic mass is 16.5. The molecular weight excluding hydrogens is 492 g/mol. The van der Waals surface area contributed by atoms with Crippen LogP contribution in [0.5, 0.6) is 5.75 Å². The summed E-state index contributed by atoms with van der Waals surface area (Å²) in [6.07, 6.45) is 7.57. The van der Waals surface area contributed by atoms with E-state index in [1.165, 1.54) is 7.11 Å². The Bertz CT molecular complexity index is 1420. The van der Waals surface area contributed by atoms with E-state index in [-0.39, 0.29) is 17.8 Å². The summed E-state index contributed by atoms with van der Waals surface area (Å²) in [5, 5.41) is 7.81. The zero-order valence-corrected chi connectivity index (χ0v) is 22.6. The van der Waals surface area contributed by atoms with Gasteiger partial charge in [0.1, 0.15) is 5.75 Å². The van der Waals surface area contributed by atoms with Crippen molar-refractivity contribution in [3.8, 4) is 28.3 Å². The van der Waals surface area contributed by atoms with Gasteiger partial charge in [-0.05, 0) is 38.0 Å². The molecule has 0 aliphatic heterocycles. The number of ether oxygens (including phenoxy) is 2. The number of rotatable bonds is 9. The average molecular weight is 527 g/mol. The number of nitrogens with zero attached hydrogens (tertiary/aromatic N) is 5. The van der Waals surface area contributed by atoms with Gasteiger partial charge < -0.3 is 14.8 Å². The number of pyridine rings is 1. The van der Waals surface area contributed by atoms with E-state index in [4.69, 9.17) is 14.5 Å². The maximum absolute atomic E-state index is 12.2. The molecule has 4 aromatic rings.